The zero-order valence-electron chi connectivity index (χ0n) is 11.3. The first-order valence-corrected chi connectivity index (χ1v) is 8.06. The first kappa shape index (κ1) is 14.5. The summed E-state index contributed by atoms with van der Waals surface area (Å²) in [6.45, 7) is 15.7. The average molecular weight is 226 g/mol. The highest BCUT2D eigenvalue weighted by atomic mass is 28.4. The topological polar surface area (TPSA) is 9.23 Å². The molecule has 0 aromatic rings. The fourth-order valence-electron chi connectivity index (χ4n) is 2.61. The van der Waals surface area contributed by atoms with Gasteiger partial charge in [0.2, 0.25) is 0 Å². The van der Waals surface area contributed by atoms with Crippen LogP contribution >= 0.6 is 0 Å². The molecule has 0 unspecified atom stereocenters. The molecule has 0 aromatic carbocycles. The predicted octanol–water partition coefficient (Wildman–Crippen LogP) is 4.87. The van der Waals surface area contributed by atoms with E-state index in [0.29, 0.717) is 16.6 Å². The number of rotatable bonds is 5. The Morgan fingerprint density at radius 3 is 1.60 bits per heavy atom. The zero-order valence-corrected chi connectivity index (χ0v) is 12.3. The molecular weight excluding hydrogens is 200 g/mol. The van der Waals surface area contributed by atoms with Gasteiger partial charge in [-0.25, -0.2) is 0 Å². The molecule has 0 fully saturated rings. The van der Waals surface area contributed by atoms with Crippen molar-refractivity contribution in [2.45, 2.75) is 65.1 Å². The third kappa shape index (κ3) is 3.25. The number of hydrogen-bond donors (Lipinski definition) is 0. The van der Waals surface area contributed by atoms with E-state index in [9.17, 15) is 0 Å². The summed E-state index contributed by atoms with van der Waals surface area (Å²) in [5, 5.41) is 0. The molecule has 1 nitrogen and oxygen atoms in total. The van der Waals surface area contributed by atoms with Gasteiger partial charge in [0.1, 0.15) is 6.26 Å². The third-order valence-corrected chi connectivity index (χ3v) is 9.15. The highest BCUT2D eigenvalue weighted by Crippen LogP contribution is 2.42. The Balaban J connectivity index is 5.05. The largest absolute Gasteiger partial charge is 0.542 e. The lowest BCUT2D eigenvalue weighted by atomic mass is 10.5. The van der Waals surface area contributed by atoms with Crippen molar-refractivity contribution < 1.29 is 4.43 Å². The van der Waals surface area contributed by atoms with Crippen molar-refractivity contribution in [3.05, 3.63) is 18.1 Å². The Labute approximate surface area is 96.4 Å². The Bertz CT molecular complexity index is 213. The molecule has 0 rings (SSSR count). The van der Waals surface area contributed by atoms with Crippen molar-refractivity contribution >= 4 is 8.32 Å². The number of hydrogen-bond acceptors (Lipinski definition) is 1. The summed E-state index contributed by atoms with van der Waals surface area (Å²) in [6.07, 6.45) is 3.66. The van der Waals surface area contributed by atoms with E-state index in [4.69, 9.17) is 4.43 Å². The lowest BCUT2D eigenvalue weighted by molar-refractivity contribution is 0.417. The van der Waals surface area contributed by atoms with Crippen LogP contribution in [0.3, 0.4) is 0 Å². The van der Waals surface area contributed by atoms with Crippen LogP contribution in [0.2, 0.25) is 16.6 Å². The van der Waals surface area contributed by atoms with Gasteiger partial charge < -0.3 is 4.43 Å². The van der Waals surface area contributed by atoms with Crippen molar-refractivity contribution in [1.29, 1.82) is 0 Å². The van der Waals surface area contributed by atoms with Crippen LogP contribution in [-0.2, 0) is 4.43 Å². The smallest absolute Gasteiger partial charge is 0.258 e. The summed E-state index contributed by atoms with van der Waals surface area (Å²) in [5.74, 6) is 0. The molecule has 0 atom stereocenters. The van der Waals surface area contributed by atoms with Gasteiger partial charge in [-0.05, 0) is 29.6 Å². The third-order valence-electron chi connectivity index (χ3n) is 3.20. The van der Waals surface area contributed by atoms with E-state index in [1.54, 1.807) is 6.26 Å². The van der Waals surface area contributed by atoms with Gasteiger partial charge in [0, 0.05) is 0 Å². The highest BCUT2D eigenvalue weighted by Gasteiger charge is 2.46. The van der Waals surface area contributed by atoms with Gasteiger partial charge in [-0.3, -0.25) is 0 Å². The van der Waals surface area contributed by atoms with E-state index in [1.807, 2.05) is 13.0 Å². The van der Waals surface area contributed by atoms with E-state index in [1.165, 1.54) is 0 Å². The molecule has 0 bridgehead atoms. The minimum Gasteiger partial charge on any atom is -0.542 e. The normalized spacial score (nSPS) is 11.9. The van der Waals surface area contributed by atoms with E-state index in [-0.39, 0.29) is 0 Å². The molecular formula is C13H26OSi. The van der Waals surface area contributed by atoms with E-state index in [0.717, 1.165) is 0 Å². The van der Waals surface area contributed by atoms with Crippen LogP contribution in [0.25, 0.3) is 0 Å². The van der Waals surface area contributed by atoms with Crippen LogP contribution in [0.1, 0.15) is 48.5 Å². The summed E-state index contributed by atoms with van der Waals surface area (Å²) < 4.78 is 6.13. The Kier molecular flexibility index (Phi) is 6.00. The van der Waals surface area contributed by atoms with Gasteiger partial charge >= 0.3 is 0 Å². The minimum absolute atomic E-state index is 0.632. The van der Waals surface area contributed by atoms with E-state index in [2.05, 4.69) is 47.3 Å². The fraction of sp³-hybridized carbons (Fsp3) is 0.769. The van der Waals surface area contributed by atoms with Gasteiger partial charge in [-0.2, -0.15) is 0 Å². The second-order valence-electron chi connectivity index (χ2n) is 5.01. The second-order valence-corrected chi connectivity index (χ2v) is 10.4. The standard InChI is InChI=1S/C13H26OSi/c1-8-9-10-14-15(11(2)3,12(4)5)13(6)7/h8,10-13H,1-7H3. The quantitative estimate of drug-likeness (QED) is 0.369. The summed E-state index contributed by atoms with van der Waals surface area (Å²) in [6, 6.07) is 0. The van der Waals surface area contributed by atoms with Gasteiger partial charge in [0.05, 0.1) is 0 Å². The first-order chi connectivity index (χ1) is 6.89. The molecule has 2 heteroatoms. The van der Waals surface area contributed by atoms with Crippen LogP contribution in [0.15, 0.2) is 18.1 Å². The summed E-state index contributed by atoms with van der Waals surface area (Å²) in [5.41, 5.74) is 4.93. The molecule has 0 N–H and O–H groups in total. The Morgan fingerprint density at radius 2 is 1.33 bits per heavy atom. The van der Waals surface area contributed by atoms with Crippen LogP contribution in [0.5, 0.6) is 0 Å². The van der Waals surface area contributed by atoms with Crippen molar-refractivity contribution in [1.82, 2.24) is 0 Å². The van der Waals surface area contributed by atoms with Crippen molar-refractivity contribution in [2.75, 3.05) is 0 Å². The lowest BCUT2D eigenvalue weighted by Crippen LogP contribution is -2.46. The lowest BCUT2D eigenvalue weighted by Gasteiger charge is -2.40. The van der Waals surface area contributed by atoms with Gasteiger partial charge in [-0.1, -0.05) is 47.3 Å². The molecule has 88 valence electrons. The van der Waals surface area contributed by atoms with Crippen LogP contribution < -0.4 is 0 Å². The van der Waals surface area contributed by atoms with Crippen LogP contribution in [-0.4, -0.2) is 8.32 Å². The Morgan fingerprint density at radius 1 is 0.933 bits per heavy atom. The minimum atomic E-state index is -1.70. The van der Waals surface area contributed by atoms with Crippen LogP contribution in [0.4, 0.5) is 0 Å². The van der Waals surface area contributed by atoms with E-state index >= 15 is 0 Å². The molecule has 0 radical (unpaired) electrons. The molecule has 0 spiro atoms. The molecule has 0 saturated heterocycles. The molecule has 0 aliphatic carbocycles. The predicted molar refractivity (Wildman–Crippen MR) is 70.5 cm³/mol. The maximum absolute atomic E-state index is 6.13. The molecule has 0 saturated carbocycles. The van der Waals surface area contributed by atoms with Gasteiger partial charge in [-0.15, -0.1) is 0 Å². The SMILES string of the molecule is CC=C=CO[Si](C(C)C)(C(C)C)C(C)C. The molecule has 15 heavy (non-hydrogen) atoms. The van der Waals surface area contributed by atoms with Gasteiger partial charge in [0.15, 0.2) is 0 Å². The second kappa shape index (κ2) is 6.19. The van der Waals surface area contributed by atoms with Crippen molar-refractivity contribution in [3.63, 3.8) is 0 Å². The van der Waals surface area contributed by atoms with Crippen molar-refractivity contribution in [2.24, 2.45) is 0 Å². The number of allylic oxidation sites excluding steroid dienone is 1. The van der Waals surface area contributed by atoms with E-state index < -0.39 is 8.32 Å². The molecule has 0 aliphatic heterocycles. The monoisotopic (exact) mass is 226 g/mol. The summed E-state index contributed by atoms with van der Waals surface area (Å²) in [4.78, 5) is 0. The highest BCUT2D eigenvalue weighted by molar-refractivity contribution is 6.77. The first-order valence-electron chi connectivity index (χ1n) is 5.92. The average Bonchev–Trinajstić information content (AvgIpc) is 2.10. The molecule has 0 aliphatic rings. The van der Waals surface area contributed by atoms with Crippen LogP contribution in [0, 0.1) is 0 Å². The maximum atomic E-state index is 6.13. The Hall–Kier alpha value is -0.463. The fourth-order valence-corrected chi connectivity index (χ4v) is 7.70. The van der Waals surface area contributed by atoms with Gasteiger partial charge in [0.25, 0.3) is 8.32 Å². The van der Waals surface area contributed by atoms with Crippen molar-refractivity contribution in [3.8, 4) is 0 Å². The molecule has 0 heterocycles. The summed E-state index contributed by atoms with van der Waals surface area (Å²) >= 11 is 0. The maximum Gasteiger partial charge on any atom is 0.258 e. The zero-order chi connectivity index (χ0) is 12.1. The molecule has 0 aromatic heterocycles. The molecule has 0 amide bonds. The summed E-state index contributed by atoms with van der Waals surface area (Å²) in [7, 11) is -1.70.